The summed E-state index contributed by atoms with van der Waals surface area (Å²) >= 11 is 0. The summed E-state index contributed by atoms with van der Waals surface area (Å²) in [5.41, 5.74) is -0.351. The summed E-state index contributed by atoms with van der Waals surface area (Å²) in [4.78, 5) is 25.5. The van der Waals surface area contributed by atoms with Gasteiger partial charge in [0.15, 0.2) is 0 Å². The Hall–Kier alpha value is -1.06. The van der Waals surface area contributed by atoms with Crippen LogP contribution in [0.1, 0.15) is 47.5 Å². The molecule has 1 N–H and O–H groups in total. The molecule has 104 valence electrons. The zero-order chi connectivity index (χ0) is 14.1. The smallest absolute Gasteiger partial charge is 0.326 e. The number of amides is 1. The highest BCUT2D eigenvalue weighted by molar-refractivity contribution is 5.85. The van der Waals surface area contributed by atoms with Crippen LogP contribution in [0.5, 0.6) is 0 Å². The molecular formula is C14H25NO3. The maximum Gasteiger partial charge on any atom is 0.326 e. The molecule has 4 nitrogen and oxygen atoms in total. The minimum Gasteiger partial charge on any atom is -0.480 e. The standard InChI is InChI=1S/C14H25NO3/c1-9(2)10(3)12(16)15-8-6-7-14(4,5)11(15)13(17)18/h9-11H,6-8H2,1-5H3,(H,17,18). The fraction of sp³-hybridized carbons (Fsp3) is 0.857. The van der Waals surface area contributed by atoms with Crippen LogP contribution in [0.3, 0.4) is 0 Å². The van der Waals surface area contributed by atoms with E-state index in [1.54, 1.807) is 4.90 Å². The SMILES string of the molecule is CC(C)C(C)C(=O)N1CCCC(C)(C)C1C(=O)O. The van der Waals surface area contributed by atoms with Crippen molar-refractivity contribution in [3.8, 4) is 0 Å². The summed E-state index contributed by atoms with van der Waals surface area (Å²) in [7, 11) is 0. The van der Waals surface area contributed by atoms with Crippen molar-refractivity contribution >= 4 is 11.9 Å². The first kappa shape index (κ1) is 15.0. The fourth-order valence-electron chi connectivity index (χ4n) is 2.64. The molecule has 2 unspecified atom stereocenters. The molecule has 0 bridgehead atoms. The number of rotatable bonds is 3. The van der Waals surface area contributed by atoms with E-state index in [1.165, 1.54) is 0 Å². The molecular weight excluding hydrogens is 230 g/mol. The van der Waals surface area contributed by atoms with Gasteiger partial charge < -0.3 is 10.0 Å². The Kier molecular flexibility index (Phi) is 4.41. The molecule has 0 aromatic rings. The van der Waals surface area contributed by atoms with Gasteiger partial charge in [0.2, 0.25) is 5.91 Å². The van der Waals surface area contributed by atoms with Crippen LogP contribution in [-0.4, -0.2) is 34.5 Å². The van der Waals surface area contributed by atoms with Crippen LogP contribution in [0.25, 0.3) is 0 Å². The summed E-state index contributed by atoms with van der Waals surface area (Å²) < 4.78 is 0. The number of nitrogens with zero attached hydrogens (tertiary/aromatic N) is 1. The van der Waals surface area contributed by atoms with Crippen molar-refractivity contribution in [1.29, 1.82) is 0 Å². The molecule has 0 saturated carbocycles. The summed E-state index contributed by atoms with van der Waals surface area (Å²) in [5.74, 6) is -0.799. The number of carbonyl (C=O) groups is 2. The fourth-order valence-corrected chi connectivity index (χ4v) is 2.64. The molecule has 2 atom stereocenters. The minimum absolute atomic E-state index is 0.0230. The molecule has 0 aliphatic carbocycles. The summed E-state index contributed by atoms with van der Waals surface area (Å²) in [6.45, 7) is 10.3. The number of hydrogen-bond acceptors (Lipinski definition) is 2. The van der Waals surface area contributed by atoms with Gasteiger partial charge in [0.05, 0.1) is 0 Å². The van der Waals surface area contributed by atoms with E-state index < -0.39 is 12.0 Å². The highest BCUT2D eigenvalue weighted by atomic mass is 16.4. The normalized spacial score (nSPS) is 25.0. The lowest BCUT2D eigenvalue weighted by Gasteiger charge is -2.45. The lowest BCUT2D eigenvalue weighted by Crippen LogP contribution is -2.57. The molecule has 1 aliphatic heterocycles. The van der Waals surface area contributed by atoms with E-state index in [2.05, 4.69) is 0 Å². The molecule has 0 aromatic carbocycles. The van der Waals surface area contributed by atoms with E-state index in [1.807, 2.05) is 34.6 Å². The Balaban J connectivity index is 2.98. The van der Waals surface area contributed by atoms with Gasteiger partial charge in [-0.2, -0.15) is 0 Å². The number of aliphatic carboxylic acids is 1. The van der Waals surface area contributed by atoms with Gasteiger partial charge in [-0.05, 0) is 24.2 Å². The number of carbonyl (C=O) groups excluding carboxylic acids is 1. The molecule has 0 aromatic heterocycles. The first-order valence-electron chi connectivity index (χ1n) is 6.71. The number of likely N-dealkylation sites (tertiary alicyclic amines) is 1. The van der Waals surface area contributed by atoms with Crippen LogP contribution in [-0.2, 0) is 9.59 Å². The molecule has 1 amide bonds. The van der Waals surface area contributed by atoms with Gasteiger partial charge in [-0.15, -0.1) is 0 Å². The Labute approximate surface area is 109 Å². The van der Waals surface area contributed by atoms with Crippen molar-refractivity contribution in [3.63, 3.8) is 0 Å². The number of hydrogen-bond donors (Lipinski definition) is 1. The molecule has 18 heavy (non-hydrogen) atoms. The largest absolute Gasteiger partial charge is 0.480 e. The molecule has 1 aliphatic rings. The van der Waals surface area contributed by atoms with Crippen LogP contribution in [0.4, 0.5) is 0 Å². The predicted molar refractivity (Wildman–Crippen MR) is 70.2 cm³/mol. The van der Waals surface area contributed by atoms with Gasteiger partial charge >= 0.3 is 5.97 Å². The molecule has 4 heteroatoms. The van der Waals surface area contributed by atoms with Crippen molar-refractivity contribution in [2.24, 2.45) is 17.3 Å². The first-order chi connectivity index (χ1) is 8.18. The third-order valence-electron chi connectivity index (χ3n) is 4.18. The molecule has 1 saturated heterocycles. The predicted octanol–water partition coefficient (Wildman–Crippen LogP) is 2.38. The van der Waals surface area contributed by atoms with Crippen molar-refractivity contribution in [2.45, 2.75) is 53.5 Å². The van der Waals surface area contributed by atoms with E-state index in [0.29, 0.717) is 6.54 Å². The lowest BCUT2D eigenvalue weighted by atomic mass is 9.75. The van der Waals surface area contributed by atoms with Crippen LogP contribution in [0.15, 0.2) is 0 Å². The third kappa shape index (κ3) is 2.85. The van der Waals surface area contributed by atoms with Crippen molar-refractivity contribution in [3.05, 3.63) is 0 Å². The van der Waals surface area contributed by atoms with Gasteiger partial charge in [0.1, 0.15) is 6.04 Å². The molecule has 0 spiro atoms. The quantitative estimate of drug-likeness (QED) is 0.842. The molecule has 1 fully saturated rings. The number of carboxylic acids is 1. The van der Waals surface area contributed by atoms with E-state index >= 15 is 0 Å². The van der Waals surface area contributed by atoms with Crippen LogP contribution < -0.4 is 0 Å². The van der Waals surface area contributed by atoms with E-state index in [0.717, 1.165) is 12.8 Å². The Morgan fingerprint density at radius 3 is 2.28 bits per heavy atom. The van der Waals surface area contributed by atoms with Crippen LogP contribution in [0.2, 0.25) is 0 Å². The third-order valence-corrected chi connectivity index (χ3v) is 4.18. The highest BCUT2D eigenvalue weighted by Crippen LogP contribution is 2.36. The highest BCUT2D eigenvalue weighted by Gasteiger charge is 2.45. The summed E-state index contributed by atoms with van der Waals surface area (Å²) in [6, 6.07) is -0.694. The average Bonchev–Trinajstić information content (AvgIpc) is 2.24. The van der Waals surface area contributed by atoms with Gasteiger partial charge in [-0.1, -0.05) is 34.6 Å². The first-order valence-corrected chi connectivity index (χ1v) is 6.71. The zero-order valence-electron chi connectivity index (χ0n) is 12.1. The summed E-state index contributed by atoms with van der Waals surface area (Å²) in [6.07, 6.45) is 1.73. The van der Waals surface area contributed by atoms with Crippen LogP contribution in [0, 0.1) is 17.3 Å². The second-order valence-electron chi connectivity index (χ2n) is 6.40. The lowest BCUT2D eigenvalue weighted by molar-refractivity contribution is -0.161. The van der Waals surface area contributed by atoms with Gasteiger partial charge in [0, 0.05) is 12.5 Å². The second kappa shape index (κ2) is 5.29. The summed E-state index contributed by atoms with van der Waals surface area (Å²) in [5, 5.41) is 9.42. The maximum absolute atomic E-state index is 12.4. The Morgan fingerprint density at radius 2 is 1.83 bits per heavy atom. The maximum atomic E-state index is 12.4. The van der Waals surface area contributed by atoms with Crippen molar-refractivity contribution < 1.29 is 14.7 Å². The zero-order valence-corrected chi connectivity index (χ0v) is 12.1. The number of carboxylic acid groups (broad SMARTS) is 1. The van der Waals surface area contributed by atoms with Gasteiger partial charge in [-0.25, -0.2) is 4.79 Å². The minimum atomic E-state index is -0.885. The second-order valence-corrected chi connectivity index (χ2v) is 6.40. The van der Waals surface area contributed by atoms with E-state index in [9.17, 15) is 14.7 Å². The number of piperidine rings is 1. The van der Waals surface area contributed by atoms with Gasteiger partial charge in [0.25, 0.3) is 0 Å². The topological polar surface area (TPSA) is 57.6 Å². The Bertz CT molecular complexity index is 336. The van der Waals surface area contributed by atoms with Crippen molar-refractivity contribution in [2.75, 3.05) is 6.54 Å². The molecule has 0 radical (unpaired) electrons. The monoisotopic (exact) mass is 255 g/mol. The van der Waals surface area contributed by atoms with E-state index in [4.69, 9.17) is 0 Å². The van der Waals surface area contributed by atoms with Gasteiger partial charge in [-0.3, -0.25) is 4.79 Å². The molecule has 1 rings (SSSR count). The van der Waals surface area contributed by atoms with Crippen molar-refractivity contribution in [1.82, 2.24) is 4.90 Å². The Morgan fingerprint density at radius 1 is 1.28 bits per heavy atom. The van der Waals surface area contributed by atoms with E-state index in [-0.39, 0.29) is 23.2 Å². The molecule has 1 heterocycles. The van der Waals surface area contributed by atoms with Crippen LogP contribution >= 0.6 is 0 Å². The average molecular weight is 255 g/mol.